The van der Waals surface area contributed by atoms with Crippen molar-refractivity contribution in [2.45, 2.75) is 73.8 Å². The number of amides is 1. The number of likely N-dealkylation sites (tertiary alicyclic amines) is 1. The Bertz CT molecular complexity index is 1620. The van der Waals surface area contributed by atoms with Gasteiger partial charge in [0, 0.05) is 48.9 Å². The number of nitrogens with zero attached hydrogens (tertiary/aromatic N) is 7. The summed E-state index contributed by atoms with van der Waals surface area (Å²) in [5, 5.41) is 13.5. The Balaban J connectivity index is 1.35. The van der Waals surface area contributed by atoms with E-state index in [2.05, 4.69) is 72.3 Å². The second-order valence-electron chi connectivity index (χ2n) is 12.7. The minimum Gasteiger partial charge on any atom is -0.372 e. The van der Waals surface area contributed by atoms with Crippen LogP contribution in [-0.2, 0) is 6.54 Å². The van der Waals surface area contributed by atoms with Crippen LogP contribution in [0.15, 0.2) is 48.7 Å². The molecule has 8 nitrogen and oxygen atoms in total. The number of aryl methyl sites for hydroxylation is 1. The van der Waals surface area contributed by atoms with E-state index in [1.54, 1.807) is 13.8 Å². The first-order chi connectivity index (χ1) is 21.6. The van der Waals surface area contributed by atoms with Crippen molar-refractivity contribution in [2.24, 2.45) is 11.3 Å². The van der Waals surface area contributed by atoms with Gasteiger partial charge in [-0.2, -0.15) is 5.10 Å². The Morgan fingerprint density at radius 3 is 2.40 bits per heavy atom. The van der Waals surface area contributed by atoms with Crippen LogP contribution in [0.25, 0.3) is 16.9 Å². The third-order valence-corrected chi connectivity index (χ3v) is 9.29. The molecule has 1 fully saturated rings. The van der Waals surface area contributed by atoms with Gasteiger partial charge in [0.2, 0.25) is 0 Å². The number of hydrogen-bond acceptors (Lipinski definition) is 5. The molecular weight excluding hydrogens is 572 g/mol. The maximum Gasteiger partial charge on any atom is 0.257 e. The number of rotatable bonds is 11. The maximum atomic E-state index is 14.6. The zero-order valence-corrected chi connectivity index (χ0v) is 27.4. The fourth-order valence-corrected chi connectivity index (χ4v) is 6.70. The second kappa shape index (κ2) is 13.5. The van der Waals surface area contributed by atoms with Crippen LogP contribution >= 0.6 is 0 Å². The van der Waals surface area contributed by atoms with E-state index in [0.29, 0.717) is 36.6 Å². The normalized spacial score (nSPS) is 16.9. The van der Waals surface area contributed by atoms with Gasteiger partial charge in [-0.15, -0.1) is 5.10 Å². The molecule has 2 aromatic heterocycles. The molecule has 1 atom stereocenters. The van der Waals surface area contributed by atoms with Crippen molar-refractivity contribution in [3.05, 3.63) is 77.2 Å². The molecule has 1 aliphatic heterocycles. The number of piperidine rings is 1. The SMILES string of the molecule is CCCN(CCC)c1ccc(-c2cn(CC3(C(C)C)CCCN(C(=O)c4c(C)nn(-c5ccc(F)cc5F)c4C)C3)nn2)cc1. The summed E-state index contributed by atoms with van der Waals surface area (Å²) in [5.41, 5.74) is 4.49. The minimum absolute atomic E-state index is 0.113. The minimum atomic E-state index is -0.727. The standard InChI is InChI=1S/C35H45F2N7O/c1-7-17-41(18-8-2)29-13-10-27(11-14-29)31-21-43(40-38-31)23-35(24(3)4)16-9-19-42(22-35)34(45)33-25(5)39-44(26(33)6)32-15-12-28(36)20-30(32)37/h10-15,20-21,24H,7-9,16-19,22-23H2,1-6H3. The van der Waals surface area contributed by atoms with Crippen LogP contribution in [-0.4, -0.2) is 61.8 Å². The first-order valence-corrected chi connectivity index (χ1v) is 16.1. The van der Waals surface area contributed by atoms with E-state index in [0.717, 1.165) is 56.1 Å². The highest BCUT2D eigenvalue weighted by atomic mass is 19.1. The molecule has 0 N–H and O–H groups in total. The lowest BCUT2D eigenvalue weighted by molar-refractivity contribution is 0.0238. The van der Waals surface area contributed by atoms with Gasteiger partial charge in [0.1, 0.15) is 17.2 Å². The lowest BCUT2D eigenvalue weighted by Crippen LogP contribution is -2.50. The van der Waals surface area contributed by atoms with Gasteiger partial charge in [0.05, 0.1) is 29.7 Å². The summed E-state index contributed by atoms with van der Waals surface area (Å²) in [6, 6.07) is 11.9. The number of anilines is 1. The van der Waals surface area contributed by atoms with Gasteiger partial charge in [0.15, 0.2) is 5.82 Å². The molecular formula is C35H45F2N7O. The largest absolute Gasteiger partial charge is 0.372 e. The molecule has 45 heavy (non-hydrogen) atoms. The predicted octanol–water partition coefficient (Wildman–Crippen LogP) is 7.23. The lowest BCUT2D eigenvalue weighted by atomic mass is 9.71. The van der Waals surface area contributed by atoms with E-state index in [9.17, 15) is 13.6 Å². The van der Waals surface area contributed by atoms with E-state index in [1.807, 2.05) is 15.8 Å². The van der Waals surface area contributed by atoms with Crippen LogP contribution in [0.3, 0.4) is 0 Å². The molecule has 0 radical (unpaired) electrons. The van der Waals surface area contributed by atoms with E-state index in [-0.39, 0.29) is 22.9 Å². The smallest absolute Gasteiger partial charge is 0.257 e. The summed E-state index contributed by atoms with van der Waals surface area (Å²) in [6.45, 7) is 16.2. The monoisotopic (exact) mass is 617 g/mol. The van der Waals surface area contributed by atoms with E-state index in [4.69, 9.17) is 0 Å². The summed E-state index contributed by atoms with van der Waals surface area (Å²) in [6.07, 6.45) is 6.04. The van der Waals surface area contributed by atoms with Gasteiger partial charge in [-0.25, -0.2) is 13.5 Å². The zero-order chi connectivity index (χ0) is 32.3. The van der Waals surface area contributed by atoms with Crippen molar-refractivity contribution < 1.29 is 13.6 Å². The number of aromatic nitrogens is 5. The molecule has 1 aliphatic rings. The topological polar surface area (TPSA) is 72.1 Å². The Morgan fingerprint density at radius 1 is 1.04 bits per heavy atom. The molecule has 0 bridgehead atoms. The van der Waals surface area contributed by atoms with Crippen LogP contribution in [0.5, 0.6) is 0 Å². The summed E-state index contributed by atoms with van der Waals surface area (Å²) in [7, 11) is 0. The third kappa shape index (κ3) is 6.65. The second-order valence-corrected chi connectivity index (χ2v) is 12.7. The molecule has 0 spiro atoms. The fraction of sp³-hybridized carbons (Fsp3) is 0.486. The number of halogens is 2. The molecule has 10 heteroatoms. The Labute approximate surface area is 265 Å². The van der Waals surface area contributed by atoms with Gasteiger partial charge >= 0.3 is 0 Å². The Kier molecular flexibility index (Phi) is 9.70. The molecule has 2 aromatic carbocycles. The van der Waals surface area contributed by atoms with Crippen molar-refractivity contribution in [2.75, 3.05) is 31.1 Å². The van der Waals surface area contributed by atoms with Crippen LogP contribution in [0.2, 0.25) is 0 Å². The number of carbonyl (C=O) groups is 1. The van der Waals surface area contributed by atoms with Gasteiger partial charge in [-0.1, -0.05) is 45.0 Å². The van der Waals surface area contributed by atoms with E-state index >= 15 is 0 Å². The molecule has 0 saturated carbocycles. The Hall–Kier alpha value is -4.08. The molecule has 4 aromatic rings. The highest BCUT2D eigenvalue weighted by Crippen LogP contribution is 2.40. The van der Waals surface area contributed by atoms with Gasteiger partial charge < -0.3 is 9.80 Å². The summed E-state index contributed by atoms with van der Waals surface area (Å²) in [5.74, 6) is -1.23. The predicted molar refractivity (Wildman–Crippen MR) is 174 cm³/mol. The fourth-order valence-electron chi connectivity index (χ4n) is 6.70. The van der Waals surface area contributed by atoms with Crippen molar-refractivity contribution in [1.82, 2.24) is 29.7 Å². The highest BCUT2D eigenvalue weighted by Gasteiger charge is 2.41. The zero-order valence-electron chi connectivity index (χ0n) is 27.4. The van der Waals surface area contributed by atoms with Gasteiger partial charge in [0.25, 0.3) is 5.91 Å². The van der Waals surface area contributed by atoms with E-state index < -0.39 is 11.6 Å². The van der Waals surface area contributed by atoms with Crippen molar-refractivity contribution in [3.8, 4) is 16.9 Å². The van der Waals surface area contributed by atoms with Crippen LogP contribution in [0, 0.1) is 36.8 Å². The number of hydrogen-bond donors (Lipinski definition) is 0. The van der Waals surface area contributed by atoms with E-state index in [1.165, 1.54) is 22.5 Å². The maximum absolute atomic E-state index is 14.6. The molecule has 5 rings (SSSR count). The first kappa shape index (κ1) is 32.3. The lowest BCUT2D eigenvalue weighted by Gasteiger charge is -2.45. The molecule has 3 heterocycles. The molecule has 1 saturated heterocycles. The molecule has 1 amide bonds. The Morgan fingerprint density at radius 2 is 1.76 bits per heavy atom. The van der Waals surface area contributed by atoms with Gasteiger partial charge in [-0.3, -0.25) is 9.48 Å². The summed E-state index contributed by atoms with van der Waals surface area (Å²) < 4.78 is 31.5. The molecule has 0 aliphatic carbocycles. The molecule has 240 valence electrons. The van der Waals surface area contributed by atoms with Crippen molar-refractivity contribution in [1.29, 1.82) is 0 Å². The van der Waals surface area contributed by atoms with Crippen molar-refractivity contribution in [3.63, 3.8) is 0 Å². The average molecular weight is 618 g/mol. The quantitative estimate of drug-likeness (QED) is 0.178. The average Bonchev–Trinajstić information content (AvgIpc) is 3.60. The highest BCUT2D eigenvalue weighted by molar-refractivity contribution is 5.96. The van der Waals surface area contributed by atoms with Crippen LogP contribution in [0.1, 0.15) is 75.1 Å². The molecule has 1 unspecified atom stereocenters. The third-order valence-electron chi connectivity index (χ3n) is 9.29. The van der Waals surface area contributed by atoms with Crippen LogP contribution in [0.4, 0.5) is 14.5 Å². The van der Waals surface area contributed by atoms with Gasteiger partial charge in [-0.05, 0) is 69.7 Å². The number of benzene rings is 2. The summed E-state index contributed by atoms with van der Waals surface area (Å²) in [4.78, 5) is 18.3. The number of carbonyl (C=O) groups excluding carboxylic acids is 1. The van der Waals surface area contributed by atoms with Crippen molar-refractivity contribution >= 4 is 11.6 Å². The van der Waals surface area contributed by atoms with Crippen LogP contribution < -0.4 is 4.90 Å². The first-order valence-electron chi connectivity index (χ1n) is 16.1. The summed E-state index contributed by atoms with van der Waals surface area (Å²) >= 11 is 0.